The molecule has 1 nitrogen and oxygen atoms in total. The Morgan fingerprint density at radius 3 is 2.22 bits per heavy atom. The van der Waals surface area contributed by atoms with Gasteiger partial charge in [0, 0.05) is 18.4 Å². The van der Waals surface area contributed by atoms with Gasteiger partial charge in [0.2, 0.25) is 0 Å². The first-order valence-corrected chi connectivity index (χ1v) is 7.50. The van der Waals surface area contributed by atoms with Gasteiger partial charge in [0.15, 0.2) is 0 Å². The molecule has 0 N–H and O–H groups in total. The van der Waals surface area contributed by atoms with Gasteiger partial charge in [-0.05, 0) is 64.5 Å². The molecule has 0 radical (unpaired) electrons. The number of hydrogen-bond donors (Lipinski definition) is 0. The van der Waals surface area contributed by atoms with Crippen molar-refractivity contribution in [2.24, 2.45) is 11.3 Å². The summed E-state index contributed by atoms with van der Waals surface area (Å²) in [5, 5.41) is 0. The molecule has 1 aliphatic carbocycles. The van der Waals surface area contributed by atoms with Crippen LogP contribution in [-0.2, 0) is 0 Å². The van der Waals surface area contributed by atoms with Crippen LogP contribution in [0.3, 0.4) is 0 Å². The molecule has 106 valence electrons. The van der Waals surface area contributed by atoms with Crippen molar-refractivity contribution in [2.75, 3.05) is 13.1 Å². The van der Waals surface area contributed by atoms with Crippen molar-refractivity contribution in [1.29, 1.82) is 0 Å². The summed E-state index contributed by atoms with van der Waals surface area (Å²) in [4.78, 5) is 2.43. The van der Waals surface area contributed by atoms with Crippen molar-refractivity contribution in [2.45, 2.75) is 71.3 Å². The van der Waals surface area contributed by atoms with E-state index >= 15 is 0 Å². The van der Waals surface area contributed by atoms with Crippen molar-refractivity contribution in [1.82, 2.24) is 4.90 Å². The molecule has 1 aliphatic heterocycles. The standard InChI is InChI=1S/C15H27F2N/c1-4-13-5-6-14(11-15(13,16)17)7-9-18(10-8-14)12(2)3/h12-13H,4-11H2,1-3H3. The summed E-state index contributed by atoms with van der Waals surface area (Å²) in [7, 11) is 0. The van der Waals surface area contributed by atoms with E-state index in [4.69, 9.17) is 0 Å². The van der Waals surface area contributed by atoms with Crippen molar-refractivity contribution in [3.05, 3.63) is 0 Å². The molecule has 18 heavy (non-hydrogen) atoms. The fourth-order valence-electron chi connectivity index (χ4n) is 3.87. The molecule has 0 amide bonds. The van der Waals surface area contributed by atoms with Crippen LogP contribution in [0.2, 0.25) is 0 Å². The summed E-state index contributed by atoms with van der Waals surface area (Å²) in [6.45, 7) is 8.30. The van der Waals surface area contributed by atoms with Crippen LogP contribution in [0.15, 0.2) is 0 Å². The maximum absolute atomic E-state index is 14.1. The maximum Gasteiger partial charge on any atom is 0.251 e. The highest BCUT2D eigenvalue weighted by atomic mass is 19.3. The molecular formula is C15H27F2N. The molecule has 1 atom stereocenters. The third-order valence-electron chi connectivity index (χ3n) is 5.31. The van der Waals surface area contributed by atoms with E-state index in [1.807, 2.05) is 6.92 Å². The quantitative estimate of drug-likeness (QED) is 0.713. The Morgan fingerprint density at radius 2 is 1.78 bits per heavy atom. The average Bonchev–Trinajstić information content (AvgIpc) is 2.28. The molecular weight excluding hydrogens is 232 g/mol. The Hall–Kier alpha value is -0.180. The lowest BCUT2D eigenvalue weighted by Crippen LogP contribution is -2.49. The van der Waals surface area contributed by atoms with E-state index in [0.29, 0.717) is 12.5 Å². The van der Waals surface area contributed by atoms with Crippen molar-refractivity contribution in [3.8, 4) is 0 Å². The number of likely N-dealkylation sites (tertiary alicyclic amines) is 1. The second-order valence-corrected chi connectivity index (χ2v) is 6.71. The molecule has 1 spiro atoms. The van der Waals surface area contributed by atoms with Crippen LogP contribution in [0.5, 0.6) is 0 Å². The zero-order valence-electron chi connectivity index (χ0n) is 12.0. The predicted molar refractivity (Wildman–Crippen MR) is 71.0 cm³/mol. The van der Waals surface area contributed by atoms with Crippen molar-refractivity contribution >= 4 is 0 Å². The van der Waals surface area contributed by atoms with Gasteiger partial charge >= 0.3 is 0 Å². The van der Waals surface area contributed by atoms with Crippen LogP contribution in [0.1, 0.15) is 59.3 Å². The molecule has 1 saturated carbocycles. The van der Waals surface area contributed by atoms with E-state index in [2.05, 4.69) is 18.7 Å². The topological polar surface area (TPSA) is 3.24 Å². The minimum Gasteiger partial charge on any atom is -0.301 e. The normalized spacial score (nSPS) is 32.0. The number of hydrogen-bond acceptors (Lipinski definition) is 1. The van der Waals surface area contributed by atoms with E-state index in [1.165, 1.54) is 0 Å². The van der Waals surface area contributed by atoms with Gasteiger partial charge in [-0.25, -0.2) is 8.78 Å². The van der Waals surface area contributed by atoms with Gasteiger partial charge in [-0.3, -0.25) is 0 Å². The number of halogens is 2. The van der Waals surface area contributed by atoms with Gasteiger partial charge in [0.1, 0.15) is 0 Å². The molecule has 1 saturated heterocycles. The van der Waals surface area contributed by atoms with E-state index in [1.54, 1.807) is 0 Å². The van der Waals surface area contributed by atoms with Gasteiger partial charge in [-0.2, -0.15) is 0 Å². The SMILES string of the molecule is CCC1CCC2(CCN(C(C)C)CC2)CC1(F)F. The van der Waals surface area contributed by atoms with Crippen LogP contribution in [-0.4, -0.2) is 30.0 Å². The lowest BCUT2D eigenvalue weighted by molar-refractivity contribution is -0.141. The van der Waals surface area contributed by atoms with E-state index < -0.39 is 5.92 Å². The molecule has 0 bridgehead atoms. The Kier molecular flexibility index (Phi) is 4.01. The average molecular weight is 259 g/mol. The van der Waals surface area contributed by atoms with Gasteiger partial charge in [0.25, 0.3) is 5.92 Å². The fourth-order valence-corrected chi connectivity index (χ4v) is 3.87. The van der Waals surface area contributed by atoms with Crippen molar-refractivity contribution in [3.63, 3.8) is 0 Å². The summed E-state index contributed by atoms with van der Waals surface area (Å²) in [5.74, 6) is -2.79. The maximum atomic E-state index is 14.1. The number of nitrogens with zero attached hydrogens (tertiary/aromatic N) is 1. The van der Waals surface area contributed by atoms with Crippen LogP contribution in [0, 0.1) is 11.3 Å². The molecule has 2 aliphatic rings. The summed E-state index contributed by atoms with van der Waals surface area (Å²) in [5.41, 5.74) is -0.0550. The zero-order valence-corrected chi connectivity index (χ0v) is 12.0. The Labute approximate surface area is 110 Å². The minimum atomic E-state index is -2.42. The van der Waals surface area contributed by atoms with Gasteiger partial charge < -0.3 is 4.90 Å². The lowest BCUT2D eigenvalue weighted by atomic mass is 9.63. The van der Waals surface area contributed by atoms with E-state index in [0.717, 1.165) is 38.8 Å². The first-order chi connectivity index (χ1) is 8.38. The molecule has 0 aromatic heterocycles. The monoisotopic (exact) mass is 259 g/mol. The zero-order chi connectivity index (χ0) is 13.4. The summed E-state index contributed by atoms with van der Waals surface area (Å²) in [6.07, 6.45) is 4.46. The number of piperidine rings is 1. The summed E-state index contributed by atoms with van der Waals surface area (Å²) >= 11 is 0. The van der Waals surface area contributed by atoms with Crippen LogP contribution in [0.4, 0.5) is 8.78 Å². The second-order valence-electron chi connectivity index (χ2n) is 6.71. The molecule has 3 heteroatoms. The summed E-state index contributed by atoms with van der Waals surface area (Å²) < 4.78 is 28.3. The van der Waals surface area contributed by atoms with Gasteiger partial charge in [0.05, 0.1) is 0 Å². The fraction of sp³-hybridized carbons (Fsp3) is 1.00. The molecule has 1 heterocycles. The van der Waals surface area contributed by atoms with Crippen LogP contribution in [0.25, 0.3) is 0 Å². The highest BCUT2D eigenvalue weighted by Crippen LogP contribution is 2.53. The third-order valence-corrected chi connectivity index (χ3v) is 5.31. The smallest absolute Gasteiger partial charge is 0.251 e. The predicted octanol–water partition coefficient (Wildman–Crippen LogP) is 4.32. The highest BCUT2D eigenvalue weighted by molar-refractivity contribution is 4.97. The molecule has 0 aromatic rings. The highest BCUT2D eigenvalue weighted by Gasteiger charge is 2.51. The van der Waals surface area contributed by atoms with Crippen molar-refractivity contribution < 1.29 is 8.78 Å². The minimum absolute atomic E-state index is 0.0550. The third kappa shape index (κ3) is 2.71. The number of alkyl halides is 2. The Balaban J connectivity index is 1.99. The Morgan fingerprint density at radius 1 is 1.17 bits per heavy atom. The van der Waals surface area contributed by atoms with Gasteiger partial charge in [-0.1, -0.05) is 6.92 Å². The molecule has 0 aromatic carbocycles. The molecule has 2 rings (SSSR count). The van der Waals surface area contributed by atoms with Crippen LogP contribution >= 0.6 is 0 Å². The van der Waals surface area contributed by atoms with Gasteiger partial charge in [-0.15, -0.1) is 0 Å². The van der Waals surface area contributed by atoms with Crippen LogP contribution < -0.4 is 0 Å². The molecule has 1 unspecified atom stereocenters. The lowest BCUT2D eigenvalue weighted by Gasteiger charge is -2.49. The first kappa shape index (κ1) is 14.2. The largest absolute Gasteiger partial charge is 0.301 e. The molecule has 2 fully saturated rings. The summed E-state index contributed by atoms with van der Waals surface area (Å²) in [6, 6.07) is 0.551. The second kappa shape index (κ2) is 5.07. The first-order valence-electron chi connectivity index (χ1n) is 7.50. The van der Waals surface area contributed by atoms with E-state index in [-0.39, 0.29) is 17.8 Å². The Bertz CT molecular complexity index is 280. The van der Waals surface area contributed by atoms with E-state index in [9.17, 15) is 8.78 Å². The number of rotatable bonds is 2.